The van der Waals surface area contributed by atoms with Gasteiger partial charge in [0.1, 0.15) is 0 Å². The van der Waals surface area contributed by atoms with Crippen LogP contribution >= 0.6 is 0 Å². The van der Waals surface area contributed by atoms with Crippen LogP contribution in [-0.2, 0) is 0 Å². The van der Waals surface area contributed by atoms with Crippen molar-refractivity contribution in [3.8, 4) is 0 Å². The quantitative estimate of drug-likeness (QED) is 0.647. The second-order valence-corrected chi connectivity index (χ2v) is 7.26. The summed E-state index contributed by atoms with van der Waals surface area (Å²) in [5.41, 5.74) is 1.38. The molecule has 1 aliphatic rings. The fraction of sp³-hybridized carbons (Fsp3) is 0.632. The monoisotopic (exact) mass is 316 g/mol. The molecule has 0 spiro atoms. The van der Waals surface area contributed by atoms with Crippen LogP contribution in [0, 0.1) is 0 Å². The first-order valence-corrected chi connectivity index (χ1v) is 8.85. The van der Waals surface area contributed by atoms with E-state index in [0.29, 0.717) is 6.04 Å². The Morgan fingerprint density at radius 2 is 1.83 bits per heavy atom. The van der Waals surface area contributed by atoms with Crippen LogP contribution in [-0.4, -0.2) is 42.6 Å². The van der Waals surface area contributed by atoms with Crippen LogP contribution < -0.4 is 10.6 Å². The Balaban J connectivity index is 2.13. The molecule has 0 amide bonds. The third-order valence-corrected chi connectivity index (χ3v) is 4.03. The van der Waals surface area contributed by atoms with Crippen LogP contribution in [0.3, 0.4) is 0 Å². The molecule has 1 atom stereocenters. The van der Waals surface area contributed by atoms with Crippen LogP contribution in [0.15, 0.2) is 35.3 Å². The van der Waals surface area contributed by atoms with E-state index in [1.165, 1.54) is 31.5 Å². The molecule has 1 saturated heterocycles. The minimum Gasteiger partial charge on any atom is -0.357 e. The summed E-state index contributed by atoms with van der Waals surface area (Å²) in [7, 11) is 0. The number of benzene rings is 1. The van der Waals surface area contributed by atoms with E-state index in [-0.39, 0.29) is 5.54 Å². The predicted molar refractivity (Wildman–Crippen MR) is 98.9 cm³/mol. The largest absolute Gasteiger partial charge is 0.357 e. The van der Waals surface area contributed by atoms with Crippen molar-refractivity contribution in [2.45, 2.75) is 52.1 Å². The number of hydrogen-bond donors (Lipinski definition) is 2. The molecule has 0 aliphatic carbocycles. The van der Waals surface area contributed by atoms with Crippen molar-refractivity contribution < 1.29 is 0 Å². The Kier molecular flexibility index (Phi) is 6.46. The molecular weight excluding hydrogens is 284 g/mol. The Labute approximate surface area is 141 Å². The van der Waals surface area contributed by atoms with E-state index in [9.17, 15) is 0 Å². The molecule has 1 aromatic carbocycles. The lowest BCUT2D eigenvalue weighted by atomic mass is 10.1. The van der Waals surface area contributed by atoms with Crippen LogP contribution in [0.4, 0.5) is 0 Å². The van der Waals surface area contributed by atoms with E-state index in [1.807, 2.05) is 0 Å². The molecule has 0 saturated carbocycles. The van der Waals surface area contributed by atoms with E-state index in [1.54, 1.807) is 0 Å². The molecule has 4 heteroatoms. The zero-order valence-corrected chi connectivity index (χ0v) is 15.1. The molecule has 2 N–H and O–H groups in total. The highest BCUT2D eigenvalue weighted by atomic mass is 15.2. The third kappa shape index (κ3) is 5.87. The van der Waals surface area contributed by atoms with Crippen LogP contribution in [0.25, 0.3) is 0 Å². The van der Waals surface area contributed by atoms with Crippen molar-refractivity contribution >= 4 is 5.96 Å². The minimum atomic E-state index is 0.0108. The maximum atomic E-state index is 4.87. The number of nitrogens with one attached hydrogen (secondary N) is 2. The molecule has 1 unspecified atom stereocenters. The highest BCUT2D eigenvalue weighted by molar-refractivity contribution is 5.80. The maximum Gasteiger partial charge on any atom is 0.191 e. The summed E-state index contributed by atoms with van der Waals surface area (Å²) in [4.78, 5) is 7.44. The van der Waals surface area contributed by atoms with Gasteiger partial charge >= 0.3 is 0 Å². The van der Waals surface area contributed by atoms with Gasteiger partial charge in [0.25, 0.3) is 0 Å². The summed E-state index contributed by atoms with van der Waals surface area (Å²) in [5.74, 6) is 0.903. The third-order valence-electron chi connectivity index (χ3n) is 4.03. The van der Waals surface area contributed by atoms with Crippen molar-refractivity contribution in [3.05, 3.63) is 35.9 Å². The van der Waals surface area contributed by atoms with E-state index in [2.05, 4.69) is 73.6 Å². The van der Waals surface area contributed by atoms with Gasteiger partial charge in [0.2, 0.25) is 0 Å². The van der Waals surface area contributed by atoms with Gasteiger partial charge in [-0.1, -0.05) is 30.3 Å². The summed E-state index contributed by atoms with van der Waals surface area (Å²) in [6.45, 7) is 12.6. The van der Waals surface area contributed by atoms with Crippen LogP contribution in [0.2, 0.25) is 0 Å². The molecule has 1 fully saturated rings. The van der Waals surface area contributed by atoms with E-state index in [0.717, 1.165) is 19.0 Å². The molecule has 0 bridgehead atoms. The lowest BCUT2D eigenvalue weighted by Crippen LogP contribution is -2.48. The molecule has 0 radical (unpaired) electrons. The van der Waals surface area contributed by atoms with Gasteiger partial charge in [-0.25, -0.2) is 0 Å². The average Bonchev–Trinajstić information content (AvgIpc) is 3.01. The summed E-state index contributed by atoms with van der Waals surface area (Å²) < 4.78 is 0. The highest BCUT2D eigenvalue weighted by Gasteiger charge is 2.23. The summed E-state index contributed by atoms with van der Waals surface area (Å²) in [6, 6.07) is 11.2. The van der Waals surface area contributed by atoms with Gasteiger partial charge in [-0.15, -0.1) is 0 Å². The number of likely N-dealkylation sites (tertiary alicyclic amines) is 1. The van der Waals surface area contributed by atoms with Gasteiger partial charge < -0.3 is 10.6 Å². The predicted octanol–water partition coefficient (Wildman–Crippen LogP) is 3.18. The van der Waals surface area contributed by atoms with Crippen LogP contribution in [0.5, 0.6) is 0 Å². The van der Waals surface area contributed by atoms with Crippen molar-refractivity contribution in [3.63, 3.8) is 0 Å². The fourth-order valence-electron chi connectivity index (χ4n) is 3.00. The highest BCUT2D eigenvalue weighted by Crippen LogP contribution is 2.25. The zero-order valence-electron chi connectivity index (χ0n) is 15.1. The molecule has 0 aromatic heterocycles. The van der Waals surface area contributed by atoms with E-state index >= 15 is 0 Å². The molecule has 4 nitrogen and oxygen atoms in total. The zero-order chi connectivity index (χ0) is 16.7. The average molecular weight is 316 g/mol. The second-order valence-electron chi connectivity index (χ2n) is 7.26. The Morgan fingerprint density at radius 3 is 2.39 bits per heavy atom. The topological polar surface area (TPSA) is 39.7 Å². The van der Waals surface area contributed by atoms with Crippen molar-refractivity contribution in [1.82, 2.24) is 15.5 Å². The van der Waals surface area contributed by atoms with Crippen molar-refractivity contribution in [2.24, 2.45) is 4.99 Å². The Bertz CT molecular complexity index is 484. The first kappa shape index (κ1) is 17.8. The van der Waals surface area contributed by atoms with Gasteiger partial charge in [-0.2, -0.15) is 0 Å². The van der Waals surface area contributed by atoms with Crippen molar-refractivity contribution in [2.75, 3.05) is 26.2 Å². The number of nitrogens with zero attached hydrogens (tertiary/aromatic N) is 2. The van der Waals surface area contributed by atoms with E-state index in [4.69, 9.17) is 4.99 Å². The number of guanidine groups is 1. The van der Waals surface area contributed by atoms with Gasteiger partial charge in [0.05, 0.1) is 12.6 Å². The van der Waals surface area contributed by atoms with Gasteiger partial charge in [-0.05, 0) is 59.2 Å². The fourth-order valence-corrected chi connectivity index (χ4v) is 3.00. The Hall–Kier alpha value is -1.55. The molecule has 128 valence electrons. The number of rotatable bonds is 5. The van der Waals surface area contributed by atoms with Gasteiger partial charge in [-0.3, -0.25) is 9.89 Å². The molecule has 23 heavy (non-hydrogen) atoms. The molecular formula is C19H32N4. The first-order chi connectivity index (χ1) is 11.0. The smallest absolute Gasteiger partial charge is 0.191 e. The standard InChI is InChI=1S/C19H32N4/c1-5-20-18(22-19(2,3)4)21-15-17(23-13-9-10-14-23)16-11-7-6-8-12-16/h6-8,11-12,17H,5,9-10,13-15H2,1-4H3,(H2,20,21,22). The Morgan fingerprint density at radius 1 is 1.17 bits per heavy atom. The second kappa shape index (κ2) is 8.34. The summed E-state index contributed by atoms with van der Waals surface area (Å²) in [6.07, 6.45) is 2.60. The molecule has 1 heterocycles. The SMILES string of the molecule is CCNC(=NCC(c1ccccc1)N1CCCC1)NC(C)(C)C. The first-order valence-electron chi connectivity index (χ1n) is 8.85. The van der Waals surface area contributed by atoms with Crippen LogP contribution in [0.1, 0.15) is 52.1 Å². The van der Waals surface area contributed by atoms with Gasteiger partial charge in [0, 0.05) is 12.1 Å². The summed E-state index contributed by atoms with van der Waals surface area (Å²) in [5, 5.41) is 6.83. The van der Waals surface area contributed by atoms with E-state index < -0.39 is 0 Å². The van der Waals surface area contributed by atoms with Crippen molar-refractivity contribution in [1.29, 1.82) is 0 Å². The normalized spacial score (nSPS) is 18.0. The van der Waals surface area contributed by atoms with Gasteiger partial charge in [0.15, 0.2) is 5.96 Å². The lowest BCUT2D eigenvalue weighted by Gasteiger charge is -2.28. The lowest BCUT2D eigenvalue weighted by molar-refractivity contribution is 0.251. The summed E-state index contributed by atoms with van der Waals surface area (Å²) >= 11 is 0. The number of aliphatic imine (C=N–C) groups is 1. The molecule has 1 aromatic rings. The maximum absolute atomic E-state index is 4.87. The molecule has 2 rings (SSSR count). The molecule has 1 aliphatic heterocycles. The minimum absolute atomic E-state index is 0.0108. The number of hydrogen-bond acceptors (Lipinski definition) is 2.